The van der Waals surface area contributed by atoms with Crippen molar-refractivity contribution in [3.05, 3.63) is 52.9 Å². The molecule has 3 rings (SSSR count). The summed E-state index contributed by atoms with van der Waals surface area (Å²) in [5.74, 6) is -1.29. The third-order valence-corrected chi connectivity index (χ3v) is 3.13. The van der Waals surface area contributed by atoms with Crippen molar-refractivity contribution in [3.63, 3.8) is 0 Å². The van der Waals surface area contributed by atoms with Crippen LogP contribution in [0.25, 0.3) is 17.0 Å². The van der Waals surface area contributed by atoms with Gasteiger partial charge < -0.3 is 5.11 Å². The Balaban J connectivity index is 2.22. The van der Waals surface area contributed by atoms with E-state index < -0.39 is 11.8 Å². The Morgan fingerprint density at radius 2 is 2.05 bits per heavy atom. The zero-order chi connectivity index (χ0) is 14.3. The first-order chi connectivity index (χ1) is 9.56. The van der Waals surface area contributed by atoms with Gasteiger partial charge in [-0.1, -0.05) is 11.6 Å². The fourth-order valence-corrected chi connectivity index (χ4v) is 1.97. The van der Waals surface area contributed by atoms with Crippen LogP contribution in [0.5, 0.6) is 0 Å². The minimum Gasteiger partial charge on any atom is -0.478 e. The van der Waals surface area contributed by atoms with Crippen LogP contribution in [-0.2, 0) is 0 Å². The Morgan fingerprint density at radius 1 is 1.25 bits per heavy atom. The lowest BCUT2D eigenvalue weighted by atomic mass is 10.2. The smallest absolute Gasteiger partial charge is 0.337 e. The molecule has 0 aliphatic heterocycles. The summed E-state index contributed by atoms with van der Waals surface area (Å²) in [6, 6.07) is 7.20. The summed E-state index contributed by atoms with van der Waals surface area (Å²) < 4.78 is 15.0. The van der Waals surface area contributed by atoms with Gasteiger partial charge in [-0.3, -0.25) is 4.40 Å². The highest BCUT2D eigenvalue weighted by Crippen LogP contribution is 2.23. The van der Waals surface area contributed by atoms with Gasteiger partial charge in [0.1, 0.15) is 5.82 Å². The molecule has 20 heavy (non-hydrogen) atoms. The van der Waals surface area contributed by atoms with E-state index in [-0.39, 0.29) is 10.6 Å². The van der Waals surface area contributed by atoms with E-state index in [1.165, 1.54) is 34.9 Å². The van der Waals surface area contributed by atoms with Crippen LogP contribution in [0.1, 0.15) is 10.4 Å². The van der Waals surface area contributed by atoms with E-state index in [4.69, 9.17) is 16.7 Å². The van der Waals surface area contributed by atoms with Gasteiger partial charge in [-0.25, -0.2) is 9.18 Å². The highest BCUT2D eigenvalue weighted by atomic mass is 35.5. The average molecular weight is 292 g/mol. The molecule has 0 radical (unpaired) electrons. The van der Waals surface area contributed by atoms with Gasteiger partial charge in [0.05, 0.1) is 10.6 Å². The van der Waals surface area contributed by atoms with Gasteiger partial charge in [0.15, 0.2) is 11.5 Å². The molecule has 0 fully saturated rings. The predicted molar refractivity (Wildman–Crippen MR) is 70.4 cm³/mol. The third-order valence-electron chi connectivity index (χ3n) is 2.83. The zero-order valence-electron chi connectivity index (χ0n) is 9.92. The molecule has 1 N–H and O–H groups in total. The van der Waals surface area contributed by atoms with Crippen LogP contribution in [0.4, 0.5) is 4.39 Å². The minimum atomic E-state index is -1.06. The maximum absolute atomic E-state index is 13.5. The van der Waals surface area contributed by atoms with E-state index in [2.05, 4.69) is 10.2 Å². The van der Waals surface area contributed by atoms with Crippen molar-refractivity contribution in [2.45, 2.75) is 0 Å². The fourth-order valence-electron chi connectivity index (χ4n) is 1.85. The molecular weight excluding hydrogens is 285 g/mol. The molecule has 2 aromatic heterocycles. The third kappa shape index (κ3) is 2.00. The summed E-state index contributed by atoms with van der Waals surface area (Å²) in [6.07, 6.45) is 1.39. The quantitative estimate of drug-likeness (QED) is 0.788. The first-order valence-corrected chi connectivity index (χ1v) is 5.97. The molecule has 0 aliphatic carbocycles. The first kappa shape index (κ1) is 12.6. The molecule has 0 unspecified atom stereocenters. The van der Waals surface area contributed by atoms with E-state index in [0.717, 1.165) is 0 Å². The highest BCUT2D eigenvalue weighted by Gasteiger charge is 2.12. The standard InChI is InChI=1S/C13H7ClFN3O2/c14-9-3-1-7(5-10(9)15)12-17-16-11-4-2-8(13(19)20)6-18(11)12/h1-6H,(H,19,20). The number of carboxylic acid groups (broad SMARTS) is 1. The summed E-state index contributed by atoms with van der Waals surface area (Å²) in [6.45, 7) is 0. The molecule has 0 saturated carbocycles. The molecule has 1 aromatic carbocycles. The molecule has 100 valence electrons. The number of aromatic carboxylic acids is 1. The second-order valence-corrected chi connectivity index (χ2v) is 4.51. The highest BCUT2D eigenvalue weighted by molar-refractivity contribution is 6.30. The van der Waals surface area contributed by atoms with Crippen LogP contribution in [-0.4, -0.2) is 25.7 Å². The van der Waals surface area contributed by atoms with E-state index in [1.807, 2.05) is 0 Å². The Hall–Kier alpha value is -2.47. The number of benzene rings is 1. The largest absolute Gasteiger partial charge is 0.478 e. The number of fused-ring (bicyclic) bond motifs is 1. The molecule has 0 bridgehead atoms. The van der Waals surface area contributed by atoms with Crippen LogP contribution in [0.3, 0.4) is 0 Å². The summed E-state index contributed by atoms with van der Waals surface area (Å²) in [5.41, 5.74) is 1.02. The van der Waals surface area contributed by atoms with Crippen LogP contribution >= 0.6 is 11.6 Å². The molecule has 5 nitrogen and oxygen atoms in total. The molecule has 3 aromatic rings. The maximum atomic E-state index is 13.5. The summed E-state index contributed by atoms with van der Waals surface area (Å²) in [5, 5.41) is 16.9. The van der Waals surface area contributed by atoms with Gasteiger partial charge in [0, 0.05) is 11.8 Å². The fraction of sp³-hybridized carbons (Fsp3) is 0. The van der Waals surface area contributed by atoms with E-state index in [9.17, 15) is 9.18 Å². The minimum absolute atomic E-state index is 0.00814. The van der Waals surface area contributed by atoms with Crippen molar-refractivity contribution in [2.24, 2.45) is 0 Å². The van der Waals surface area contributed by atoms with Crippen molar-refractivity contribution < 1.29 is 14.3 Å². The predicted octanol–water partition coefficient (Wildman–Crippen LogP) is 2.89. The lowest BCUT2D eigenvalue weighted by Crippen LogP contribution is -1.99. The Labute approximate surface area is 117 Å². The molecule has 0 atom stereocenters. The van der Waals surface area contributed by atoms with Crippen LogP contribution in [0.2, 0.25) is 5.02 Å². The Morgan fingerprint density at radius 3 is 2.75 bits per heavy atom. The van der Waals surface area contributed by atoms with Crippen molar-refractivity contribution in [1.82, 2.24) is 14.6 Å². The number of rotatable bonds is 2. The number of hydrogen-bond acceptors (Lipinski definition) is 3. The Kier molecular flexibility index (Phi) is 2.87. The number of aromatic nitrogens is 3. The molecule has 0 aliphatic rings. The van der Waals surface area contributed by atoms with Crippen molar-refractivity contribution in [3.8, 4) is 11.4 Å². The van der Waals surface area contributed by atoms with Gasteiger partial charge in [-0.2, -0.15) is 0 Å². The number of hydrogen-bond donors (Lipinski definition) is 1. The number of carbonyl (C=O) groups is 1. The van der Waals surface area contributed by atoms with Crippen molar-refractivity contribution >= 4 is 23.2 Å². The molecular formula is C13H7ClFN3O2. The lowest BCUT2D eigenvalue weighted by molar-refractivity contribution is 0.0696. The normalized spacial score (nSPS) is 10.9. The van der Waals surface area contributed by atoms with Gasteiger partial charge in [0.25, 0.3) is 0 Å². The number of carboxylic acids is 1. The summed E-state index contributed by atoms with van der Waals surface area (Å²) in [7, 11) is 0. The van der Waals surface area contributed by atoms with E-state index in [0.29, 0.717) is 17.0 Å². The first-order valence-electron chi connectivity index (χ1n) is 5.60. The zero-order valence-corrected chi connectivity index (χ0v) is 10.7. The van der Waals surface area contributed by atoms with E-state index in [1.54, 1.807) is 6.07 Å². The van der Waals surface area contributed by atoms with Gasteiger partial charge >= 0.3 is 5.97 Å². The maximum Gasteiger partial charge on any atom is 0.337 e. The summed E-state index contributed by atoms with van der Waals surface area (Å²) >= 11 is 5.63. The molecule has 2 heterocycles. The van der Waals surface area contributed by atoms with E-state index >= 15 is 0 Å². The Bertz CT molecular complexity index is 832. The van der Waals surface area contributed by atoms with Gasteiger partial charge in [-0.05, 0) is 30.3 Å². The monoisotopic (exact) mass is 291 g/mol. The van der Waals surface area contributed by atoms with Crippen molar-refractivity contribution in [1.29, 1.82) is 0 Å². The number of halogens is 2. The second-order valence-electron chi connectivity index (χ2n) is 4.10. The van der Waals surface area contributed by atoms with Crippen LogP contribution in [0, 0.1) is 5.82 Å². The van der Waals surface area contributed by atoms with Crippen LogP contribution < -0.4 is 0 Å². The number of pyridine rings is 1. The molecule has 0 saturated heterocycles. The lowest BCUT2D eigenvalue weighted by Gasteiger charge is -2.02. The summed E-state index contributed by atoms with van der Waals surface area (Å²) in [4.78, 5) is 11.0. The molecule has 7 heteroatoms. The average Bonchev–Trinajstić information content (AvgIpc) is 2.84. The number of nitrogens with zero attached hydrogens (tertiary/aromatic N) is 3. The van der Waals surface area contributed by atoms with Gasteiger partial charge in [-0.15, -0.1) is 10.2 Å². The van der Waals surface area contributed by atoms with Crippen molar-refractivity contribution in [2.75, 3.05) is 0 Å². The SMILES string of the molecule is O=C(O)c1ccc2nnc(-c3ccc(Cl)c(F)c3)n2c1. The topological polar surface area (TPSA) is 67.5 Å². The molecule has 0 spiro atoms. The van der Waals surface area contributed by atoms with Crippen LogP contribution in [0.15, 0.2) is 36.5 Å². The molecule has 0 amide bonds. The second kappa shape index (κ2) is 4.57. The van der Waals surface area contributed by atoms with Gasteiger partial charge in [0.2, 0.25) is 0 Å².